The second kappa shape index (κ2) is 5.37. The number of carbonyl (C=O) groups excluding carboxylic acids is 1. The maximum absolute atomic E-state index is 10.8. The summed E-state index contributed by atoms with van der Waals surface area (Å²) in [5, 5.41) is 9.28. The minimum atomic E-state index is 0.147. The summed E-state index contributed by atoms with van der Waals surface area (Å²) in [5.41, 5.74) is 2.96. The van der Waals surface area contributed by atoms with Crippen molar-refractivity contribution in [1.29, 1.82) is 0 Å². The molecule has 102 valence electrons. The molecule has 0 amide bonds. The molecule has 0 fully saturated rings. The third-order valence-corrected chi connectivity index (χ3v) is 3.65. The molecule has 2 aromatic carbocycles. The summed E-state index contributed by atoms with van der Waals surface area (Å²) in [5.74, 6) is 1.16. The summed E-state index contributed by atoms with van der Waals surface area (Å²) in [6.07, 6.45) is 3.71. The van der Waals surface area contributed by atoms with Gasteiger partial charge in [0.2, 0.25) is 0 Å². The number of benzene rings is 2. The average molecular weight is 268 g/mol. The molecule has 0 bridgehead atoms. The second-order valence-electron chi connectivity index (χ2n) is 5.13. The van der Waals surface area contributed by atoms with Gasteiger partial charge in [-0.15, -0.1) is 0 Å². The highest BCUT2D eigenvalue weighted by Gasteiger charge is 2.20. The minimum Gasteiger partial charge on any atom is -0.508 e. The van der Waals surface area contributed by atoms with Gasteiger partial charge in [0, 0.05) is 12.0 Å². The molecule has 0 aliphatic carbocycles. The molecular weight excluding hydrogens is 252 g/mol. The van der Waals surface area contributed by atoms with Crippen molar-refractivity contribution in [3.8, 4) is 11.5 Å². The number of phenols is 1. The van der Waals surface area contributed by atoms with Gasteiger partial charge in [-0.3, -0.25) is 4.79 Å². The first-order chi connectivity index (χ1) is 9.74. The van der Waals surface area contributed by atoms with E-state index in [1.165, 1.54) is 0 Å². The van der Waals surface area contributed by atoms with Gasteiger partial charge in [0.25, 0.3) is 0 Å². The fourth-order valence-electron chi connectivity index (χ4n) is 2.58. The van der Waals surface area contributed by atoms with Crippen LogP contribution in [-0.2, 0) is 12.8 Å². The average Bonchev–Trinajstić information content (AvgIpc) is 2.49. The fourth-order valence-corrected chi connectivity index (χ4v) is 2.58. The second-order valence-corrected chi connectivity index (χ2v) is 5.13. The molecule has 1 aliphatic heterocycles. The van der Waals surface area contributed by atoms with Gasteiger partial charge in [-0.25, -0.2) is 0 Å². The van der Waals surface area contributed by atoms with Gasteiger partial charge in [0.1, 0.15) is 23.9 Å². The van der Waals surface area contributed by atoms with E-state index in [-0.39, 0.29) is 11.9 Å². The Morgan fingerprint density at radius 3 is 2.75 bits per heavy atom. The Morgan fingerprint density at radius 1 is 1.20 bits per heavy atom. The van der Waals surface area contributed by atoms with Crippen LogP contribution in [-0.4, -0.2) is 17.5 Å². The summed E-state index contributed by atoms with van der Waals surface area (Å²) >= 11 is 0. The molecule has 0 spiro atoms. The molecule has 1 heterocycles. The van der Waals surface area contributed by atoms with Crippen LogP contribution in [0.15, 0.2) is 42.5 Å². The molecule has 0 saturated heterocycles. The van der Waals surface area contributed by atoms with Gasteiger partial charge in [-0.05, 0) is 54.3 Å². The summed E-state index contributed by atoms with van der Waals surface area (Å²) in [6.45, 7) is 0. The largest absolute Gasteiger partial charge is 0.508 e. The quantitative estimate of drug-likeness (QED) is 0.870. The van der Waals surface area contributed by atoms with Crippen molar-refractivity contribution in [3.05, 3.63) is 59.2 Å². The highest BCUT2D eigenvalue weighted by molar-refractivity contribution is 5.75. The first kappa shape index (κ1) is 12.7. The summed E-state index contributed by atoms with van der Waals surface area (Å²) in [7, 11) is 0. The first-order valence-corrected chi connectivity index (χ1v) is 6.77. The van der Waals surface area contributed by atoms with Crippen molar-refractivity contribution in [2.75, 3.05) is 0 Å². The summed E-state index contributed by atoms with van der Waals surface area (Å²) in [4.78, 5) is 10.8. The number of aryl methyl sites for hydroxylation is 1. The molecule has 1 atom stereocenters. The summed E-state index contributed by atoms with van der Waals surface area (Å²) < 4.78 is 5.99. The van der Waals surface area contributed by atoms with E-state index < -0.39 is 0 Å². The fraction of sp³-hybridized carbons (Fsp3) is 0.235. The predicted octanol–water partition coefficient (Wildman–Crippen LogP) is 3.14. The van der Waals surface area contributed by atoms with Crippen molar-refractivity contribution in [2.45, 2.75) is 25.4 Å². The first-order valence-electron chi connectivity index (χ1n) is 6.77. The van der Waals surface area contributed by atoms with Crippen molar-refractivity contribution >= 4 is 6.29 Å². The van der Waals surface area contributed by atoms with Crippen LogP contribution < -0.4 is 4.74 Å². The number of phenolic OH excluding ortho intramolecular Hbond substituents is 1. The van der Waals surface area contributed by atoms with Gasteiger partial charge in [0.15, 0.2) is 0 Å². The van der Waals surface area contributed by atoms with Crippen LogP contribution in [0.1, 0.15) is 27.9 Å². The normalized spacial score (nSPS) is 17.1. The maximum Gasteiger partial charge on any atom is 0.150 e. The number of hydrogen-bond acceptors (Lipinski definition) is 3. The van der Waals surface area contributed by atoms with Gasteiger partial charge in [0.05, 0.1) is 0 Å². The van der Waals surface area contributed by atoms with E-state index in [1.54, 1.807) is 18.2 Å². The van der Waals surface area contributed by atoms with E-state index in [9.17, 15) is 9.90 Å². The topological polar surface area (TPSA) is 46.5 Å². The number of hydrogen-bond donors (Lipinski definition) is 1. The third-order valence-electron chi connectivity index (χ3n) is 3.65. The molecule has 0 radical (unpaired) electrons. The molecule has 1 N–H and O–H groups in total. The molecule has 1 aliphatic rings. The Balaban J connectivity index is 1.72. The molecule has 20 heavy (non-hydrogen) atoms. The number of rotatable bonds is 3. The molecule has 3 rings (SSSR count). The van der Waals surface area contributed by atoms with Crippen LogP contribution in [0, 0.1) is 0 Å². The zero-order chi connectivity index (χ0) is 13.9. The van der Waals surface area contributed by atoms with E-state index >= 15 is 0 Å². The van der Waals surface area contributed by atoms with Crippen LogP contribution >= 0.6 is 0 Å². The molecule has 0 aromatic heterocycles. The number of fused-ring (bicyclic) bond motifs is 1. The lowest BCUT2D eigenvalue weighted by Crippen LogP contribution is -2.25. The number of aromatic hydroxyl groups is 1. The Bertz CT molecular complexity index is 617. The van der Waals surface area contributed by atoms with Crippen molar-refractivity contribution < 1.29 is 14.6 Å². The standard InChI is InChI=1S/C17H16O3/c18-11-13-3-8-17-14(9-13)4-7-16(20-17)10-12-1-5-15(19)6-2-12/h1-3,5-6,8-9,11,16,19H,4,7,10H2/t16-/m1/s1. The predicted molar refractivity (Wildman–Crippen MR) is 76.4 cm³/mol. The lowest BCUT2D eigenvalue weighted by atomic mass is 9.96. The number of ether oxygens (including phenoxy) is 1. The molecule has 0 saturated carbocycles. The van der Waals surface area contributed by atoms with Gasteiger partial charge < -0.3 is 9.84 Å². The molecule has 3 heteroatoms. The van der Waals surface area contributed by atoms with Crippen molar-refractivity contribution in [2.24, 2.45) is 0 Å². The van der Waals surface area contributed by atoms with Crippen LogP contribution in [0.3, 0.4) is 0 Å². The van der Waals surface area contributed by atoms with Crippen LogP contribution in [0.4, 0.5) is 0 Å². The zero-order valence-corrected chi connectivity index (χ0v) is 11.1. The molecule has 3 nitrogen and oxygen atoms in total. The van der Waals surface area contributed by atoms with Gasteiger partial charge in [-0.2, -0.15) is 0 Å². The smallest absolute Gasteiger partial charge is 0.150 e. The SMILES string of the molecule is O=Cc1ccc2c(c1)CC[C@H](Cc1ccc(O)cc1)O2. The van der Waals surface area contributed by atoms with Gasteiger partial charge in [-0.1, -0.05) is 12.1 Å². The highest BCUT2D eigenvalue weighted by Crippen LogP contribution is 2.29. The van der Waals surface area contributed by atoms with E-state index in [0.29, 0.717) is 5.56 Å². The number of carbonyl (C=O) groups is 1. The Labute approximate surface area is 117 Å². The van der Waals surface area contributed by atoms with Gasteiger partial charge >= 0.3 is 0 Å². The maximum atomic E-state index is 10.8. The lowest BCUT2D eigenvalue weighted by Gasteiger charge is -2.26. The van der Waals surface area contributed by atoms with E-state index in [4.69, 9.17) is 4.74 Å². The number of aldehydes is 1. The van der Waals surface area contributed by atoms with E-state index in [2.05, 4.69) is 0 Å². The Morgan fingerprint density at radius 2 is 2.00 bits per heavy atom. The third kappa shape index (κ3) is 2.67. The zero-order valence-electron chi connectivity index (χ0n) is 11.1. The Kier molecular flexibility index (Phi) is 3.42. The highest BCUT2D eigenvalue weighted by atomic mass is 16.5. The molecule has 2 aromatic rings. The molecule has 0 unspecified atom stereocenters. The van der Waals surface area contributed by atoms with Crippen LogP contribution in [0.2, 0.25) is 0 Å². The van der Waals surface area contributed by atoms with Crippen LogP contribution in [0.5, 0.6) is 11.5 Å². The van der Waals surface area contributed by atoms with Crippen molar-refractivity contribution in [3.63, 3.8) is 0 Å². The lowest BCUT2D eigenvalue weighted by molar-refractivity contribution is 0.112. The van der Waals surface area contributed by atoms with Crippen molar-refractivity contribution in [1.82, 2.24) is 0 Å². The van der Waals surface area contributed by atoms with Crippen LogP contribution in [0.25, 0.3) is 0 Å². The molecular formula is C17H16O3. The summed E-state index contributed by atoms with van der Waals surface area (Å²) in [6, 6.07) is 12.8. The van der Waals surface area contributed by atoms with E-state index in [0.717, 1.165) is 42.4 Å². The Hall–Kier alpha value is -2.29. The minimum absolute atomic E-state index is 0.147. The van der Waals surface area contributed by atoms with E-state index in [1.807, 2.05) is 24.3 Å². The monoisotopic (exact) mass is 268 g/mol.